The number of aryl methyl sites for hydroxylation is 1. The van der Waals surface area contributed by atoms with Crippen molar-refractivity contribution in [1.29, 1.82) is 0 Å². The first-order valence-electron chi connectivity index (χ1n) is 9.91. The number of nitrogens with zero attached hydrogens (tertiary/aromatic N) is 3. The van der Waals surface area contributed by atoms with Gasteiger partial charge in [-0.2, -0.15) is 0 Å². The zero-order valence-corrected chi connectivity index (χ0v) is 16.9. The van der Waals surface area contributed by atoms with Gasteiger partial charge in [0.05, 0.1) is 11.8 Å². The van der Waals surface area contributed by atoms with Crippen LogP contribution in [0.5, 0.6) is 0 Å². The van der Waals surface area contributed by atoms with Gasteiger partial charge in [-0.1, -0.05) is 0 Å². The number of aromatic nitrogens is 2. The molecule has 0 spiro atoms. The van der Waals surface area contributed by atoms with Crippen molar-refractivity contribution >= 4 is 33.3 Å². The van der Waals surface area contributed by atoms with Crippen LogP contribution >= 0.6 is 11.3 Å². The molecule has 146 valence electrons. The number of anilines is 1. The molecule has 6 nitrogen and oxygen atoms in total. The van der Waals surface area contributed by atoms with Crippen molar-refractivity contribution in [2.24, 2.45) is 5.92 Å². The van der Waals surface area contributed by atoms with Gasteiger partial charge >= 0.3 is 5.97 Å². The van der Waals surface area contributed by atoms with Gasteiger partial charge in [0, 0.05) is 17.5 Å². The summed E-state index contributed by atoms with van der Waals surface area (Å²) in [5.74, 6) is 0.932. The van der Waals surface area contributed by atoms with Crippen LogP contribution in [0.25, 0.3) is 10.2 Å². The fourth-order valence-corrected chi connectivity index (χ4v) is 5.96. The monoisotopic (exact) mass is 388 g/mol. The minimum absolute atomic E-state index is 0.0910. The first-order valence-corrected chi connectivity index (χ1v) is 10.7. The number of aliphatic carboxylic acids is 1. The molecular formula is C20H28N4O2S. The van der Waals surface area contributed by atoms with E-state index >= 15 is 0 Å². The second-order valence-corrected chi connectivity index (χ2v) is 9.28. The summed E-state index contributed by atoms with van der Waals surface area (Å²) in [4.78, 5) is 24.9. The molecule has 1 fully saturated rings. The second-order valence-electron chi connectivity index (χ2n) is 8.19. The van der Waals surface area contributed by atoms with Gasteiger partial charge in [0.25, 0.3) is 0 Å². The third-order valence-corrected chi connectivity index (χ3v) is 7.43. The zero-order valence-electron chi connectivity index (χ0n) is 16.1. The number of rotatable bonds is 6. The third-order valence-electron chi connectivity index (χ3n) is 6.26. The van der Waals surface area contributed by atoms with Crippen molar-refractivity contribution in [2.75, 3.05) is 26.0 Å². The Kier molecular flexibility index (Phi) is 5.32. The van der Waals surface area contributed by atoms with Gasteiger partial charge in [-0.25, -0.2) is 9.97 Å². The quantitative estimate of drug-likeness (QED) is 0.785. The number of thiophene rings is 1. The van der Waals surface area contributed by atoms with Crippen LogP contribution in [-0.2, 0) is 11.2 Å². The molecule has 1 saturated carbocycles. The molecule has 4 rings (SSSR count). The molecule has 1 atom stereocenters. The highest BCUT2D eigenvalue weighted by Crippen LogP contribution is 2.46. The van der Waals surface area contributed by atoms with Gasteiger partial charge < -0.3 is 15.3 Å². The molecule has 1 unspecified atom stereocenters. The lowest BCUT2D eigenvalue weighted by atomic mass is 9.85. The first kappa shape index (κ1) is 18.6. The Bertz CT molecular complexity index is 827. The molecule has 0 bridgehead atoms. The van der Waals surface area contributed by atoms with E-state index in [-0.39, 0.29) is 12.3 Å². The Morgan fingerprint density at radius 2 is 2.04 bits per heavy atom. The van der Waals surface area contributed by atoms with Gasteiger partial charge in [0.2, 0.25) is 0 Å². The molecule has 2 heterocycles. The second kappa shape index (κ2) is 7.72. The minimum atomic E-state index is -0.726. The molecule has 7 heteroatoms. The highest BCUT2D eigenvalue weighted by molar-refractivity contribution is 7.19. The van der Waals surface area contributed by atoms with Gasteiger partial charge in [-0.3, -0.25) is 4.79 Å². The van der Waals surface area contributed by atoms with E-state index in [4.69, 9.17) is 0 Å². The van der Waals surface area contributed by atoms with E-state index in [9.17, 15) is 9.90 Å². The van der Waals surface area contributed by atoms with E-state index in [0.717, 1.165) is 35.4 Å². The number of fused-ring (bicyclic) bond motifs is 3. The summed E-state index contributed by atoms with van der Waals surface area (Å²) < 4.78 is 0. The van der Waals surface area contributed by atoms with Crippen LogP contribution in [0.15, 0.2) is 6.33 Å². The molecule has 2 aromatic heterocycles. The van der Waals surface area contributed by atoms with Crippen LogP contribution < -0.4 is 5.32 Å². The maximum Gasteiger partial charge on any atom is 0.303 e. The zero-order chi connectivity index (χ0) is 19.0. The summed E-state index contributed by atoms with van der Waals surface area (Å²) in [5, 5.41) is 13.9. The SMILES string of the molecule is CN(C)C1CCC(CNc2ncnc3sc4c(c23)C(CC(=O)O)CC4)CC1. The third kappa shape index (κ3) is 3.80. The molecule has 2 aliphatic carbocycles. The van der Waals surface area contributed by atoms with Crippen LogP contribution in [0.2, 0.25) is 0 Å². The van der Waals surface area contributed by atoms with Crippen LogP contribution in [0.1, 0.15) is 54.9 Å². The summed E-state index contributed by atoms with van der Waals surface area (Å²) >= 11 is 1.71. The summed E-state index contributed by atoms with van der Waals surface area (Å²) in [7, 11) is 4.34. The number of hydrogen-bond donors (Lipinski definition) is 2. The summed E-state index contributed by atoms with van der Waals surface area (Å²) in [6.07, 6.45) is 8.71. The van der Waals surface area contributed by atoms with Crippen LogP contribution in [0.3, 0.4) is 0 Å². The Labute approximate surface area is 164 Å². The van der Waals surface area contributed by atoms with E-state index in [1.54, 1.807) is 17.7 Å². The largest absolute Gasteiger partial charge is 0.481 e. The van der Waals surface area contributed by atoms with E-state index < -0.39 is 5.97 Å². The maximum atomic E-state index is 11.3. The number of carboxylic acid groups (broad SMARTS) is 1. The molecule has 2 N–H and O–H groups in total. The predicted molar refractivity (Wildman–Crippen MR) is 109 cm³/mol. The van der Waals surface area contributed by atoms with Crippen LogP contribution in [0, 0.1) is 5.92 Å². The number of carbonyl (C=O) groups is 1. The Morgan fingerprint density at radius 1 is 1.26 bits per heavy atom. The van der Waals surface area contributed by atoms with Crippen molar-refractivity contribution in [3.05, 3.63) is 16.8 Å². The lowest BCUT2D eigenvalue weighted by Gasteiger charge is -2.32. The van der Waals surface area contributed by atoms with E-state index in [1.165, 1.54) is 36.1 Å². The predicted octanol–water partition coefficient (Wildman–Crippen LogP) is 3.73. The summed E-state index contributed by atoms with van der Waals surface area (Å²) in [6, 6.07) is 0.712. The lowest BCUT2D eigenvalue weighted by molar-refractivity contribution is -0.137. The molecule has 0 radical (unpaired) electrons. The Morgan fingerprint density at radius 3 is 2.74 bits per heavy atom. The lowest BCUT2D eigenvalue weighted by Crippen LogP contribution is -2.33. The average molecular weight is 389 g/mol. The number of carboxylic acids is 1. The highest BCUT2D eigenvalue weighted by Gasteiger charge is 2.31. The molecule has 2 aromatic rings. The minimum Gasteiger partial charge on any atom is -0.481 e. The topological polar surface area (TPSA) is 78.3 Å². The molecule has 2 aliphatic rings. The summed E-state index contributed by atoms with van der Waals surface area (Å²) in [5.41, 5.74) is 1.19. The normalized spacial score (nSPS) is 25.1. The molecule has 0 aliphatic heterocycles. The molecule has 0 aromatic carbocycles. The molecule has 0 amide bonds. The van der Waals surface area contributed by atoms with Crippen molar-refractivity contribution in [1.82, 2.24) is 14.9 Å². The first-order chi connectivity index (χ1) is 13.0. The van der Waals surface area contributed by atoms with Gasteiger partial charge in [-0.15, -0.1) is 11.3 Å². The Balaban J connectivity index is 1.51. The Hall–Kier alpha value is -1.73. The highest BCUT2D eigenvalue weighted by atomic mass is 32.1. The fourth-order valence-electron chi connectivity index (χ4n) is 4.72. The number of hydrogen-bond acceptors (Lipinski definition) is 6. The standard InChI is InChI=1S/C20H28N4O2S/c1-24(2)14-6-3-12(4-7-14)10-21-19-18-17-13(9-16(25)26)5-8-15(17)27-20(18)23-11-22-19/h11-14H,3-10H2,1-2H3,(H,25,26)(H,21,22,23). The van der Waals surface area contributed by atoms with E-state index in [0.29, 0.717) is 12.0 Å². The van der Waals surface area contributed by atoms with Gasteiger partial charge in [-0.05, 0) is 70.0 Å². The van der Waals surface area contributed by atoms with Crippen LogP contribution in [-0.4, -0.2) is 52.6 Å². The average Bonchev–Trinajstić information content (AvgIpc) is 3.19. The van der Waals surface area contributed by atoms with Gasteiger partial charge in [0.15, 0.2) is 0 Å². The van der Waals surface area contributed by atoms with Gasteiger partial charge in [0.1, 0.15) is 17.0 Å². The smallest absolute Gasteiger partial charge is 0.303 e. The summed E-state index contributed by atoms with van der Waals surface area (Å²) in [6.45, 7) is 0.931. The van der Waals surface area contributed by atoms with Crippen LogP contribution in [0.4, 0.5) is 5.82 Å². The molecule has 0 saturated heterocycles. The molecular weight excluding hydrogens is 360 g/mol. The van der Waals surface area contributed by atoms with Crippen molar-refractivity contribution in [2.45, 2.75) is 56.9 Å². The number of nitrogens with one attached hydrogen (secondary N) is 1. The maximum absolute atomic E-state index is 11.3. The van der Waals surface area contributed by atoms with Crippen molar-refractivity contribution < 1.29 is 9.90 Å². The van der Waals surface area contributed by atoms with Crippen molar-refractivity contribution in [3.8, 4) is 0 Å². The van der Waals surface area contributed by atoms with E-state index in [2.05, 4.69) is 34.3 Å². The fraction of sp³-hybridized carbons (Fsp3) is 0.650. The van der Waals surface area contributed by atoms with E-state index in [1.807, 2.05) is 0 Å². The van der Waals surface area contributed by atoms with Crippen molar-refractivity contribution in [3.63, 3.8) is 0 Å². The molecule has 27 heavy (non-hydrogen) atoms.